The molecular weight excluding hydrogens is 462 g/mol. The van der Waals surface area contributed by atoms with Gasteiger partial charge in [-0.15, -0.1) is 0 Å². The lowest BCUT2D eigenvalue weighted by atomic mass is 10.0. The number of nitrogens with one attached hydrogen (secondary N) is 1. The van der Waals surface area contributed by atoms with Crippen LogP contribution in [-0.2, 0) is 22.8 Å². The number of rotatable bonds is 6. The monoisotopic (exact) mass is 489 g/mol. The van der Waals surface area contributed by atoms with E-state index in [1.807, 2.05) is 31.2 Å². The Balaban J connectivity index is 1.61. The minimum Gasteiger partial charge on any atom is -0.348 e. The normalized spacial score (nSPS) is 17.0. The van der Waals surface area contributed by atoms with Crippen LogP contribution in [-0.4, -0.2) is 45.6 Å². The number of hydrogen-bond acceptors (Lipinski definition) is 6. The third-order valence-corrected chi connectivity index (χ3v) is 8.22. The third-order valence-electron chi connectivity index (χ3n) is 6.47. The van der Waals surface area contributed by atoms with E-state index in [1.165, 1.54) is 5.56 Å². The second kappa shape index (κ2) is 9.22. The van der Waals surface area contributed by atoms with Gasteiger partial charge < -0.3 is 5.32 Å². The summed E-state index contributed by atoms with van der Waals surface area (Å²) in [6.07, 6.45) is 4.82. The number of pyridine rings is 2. The summed E-state index contributed by atoms with van der Waals surface area (Å²) in [7, 11) is -3.11. The Kier molecular flexibility index (Phi) is 6.10. The average molecular weight is 490 g/mol. The van der Waals surface area contributed by atoms with E-state index in [0.29, 0.717) is 41.0 Å². The molecule has 0 spiro atoms. The van der Waals surface area contributed by atoms with E-state index in [9.17, 15) is 13.2 Å². The van der Waals surface area contributed by atoms with Crippen molar-refractivity contribution in [2.24, 2.45) is 0 Å². The highest BCUT2D eigenvalue weighted by Crippen LogP contribution is 2.32. The molecule has 4 heterocycles. The van der Waals surface area contributed by atoms with Gasteiger partial charge in [0.1, 0.15) is 0 Å². The van der Waals surface area contributed by atoms with Crippen LogP contribution in [0.4, 0.5) is 0 Å². The molecule has 8 nitrogen and oxygen atoms in total. The summed E-state index contributed by atoms with van der Waals surface area (Å²) in [5.41, 5.74) is 5.29. The van der Waals surface area contributed by atoms with E-state index in [-0.39, 0.29) is 23.5 Å². The van der Waals surface area contributed by atoms with Crippen LogP contribution in [0.25, 0.3) is 22.3 Å². The van der Waals surface area contributed by atoms with Crippen molar-refractivity contribution in [1.29, 1.82) is 0 Å². The predicted octanol–water partition coefficient (Wildman–Crippen LogP) is 3.65. The zero-order valence-corrected chi connectivity index (χ0v) is 20.5. The number of carbonyl (C=O) groups excluding carboxylic acids is 1. The lowest BCUT2D eigenvalue weighted by Crippen LogP contribution is -2.23. The van der Waals surface area contributed by atoms with Gasteiger partial charge in [0.05, 0.1) is 39.9 Å². The maximum Gasteiger partial charge on any atom is 0.252 e. The van der Waals surface area contributed by atoms with Crippen LogP contribution in [0.2, 0.25) is 0 Å². The van der Waals surface area contributed by atoms with Crippen molar-refractivity contribution in [3.8, 4) is 11.3 Å². The average Bonchev–Trinajstić information content (AvgIpc) is 3.41. The molecule has 1 amide bonds. The quantitative estimate of drug-likeness (QED) is 0.443. The Morgan fingerprint density at radius 3 is 2.63 bits per heavy atom. The first-order valence-corrected chi connectivity index (χ1v) is 13.5. The largest absolute Gasteiger partial charge is 0.348 e. The Labute approximate surface area is 204 Å². The Morgan fingerprint density at radius 2 is 1.97 bits per heavy atom. The van der Waals surface area contributed by atoms with Gasteiger partial charge in [-0.1, -0.05) is 37.3 Å². The van der Waals surface area contributed by atoms with Crippen LogP contribution in [0.15, 0.2) is 54.9 Å². The van der Waals surface area contributed by atoms with Gasteiger partial charge >= 0.3 is 0 Å². The molecule has 1 atom stereocenters. The van der Waals surface area contributed by atoms with Gasteiger partial charge in [0.25, 0.3) is 5.91 Å². The van der Waals surface area contributed by atoms with Crippen LogP contribution >= 0.6 is 0 Å². The maximum absolute atomic E-state index is 13.4. The van der Waals surface area contributed by atoms with Crippen molar-refractivity contribution >= 4 is 26.8 Å². The van der Waals surface area contributed by atoms with Crippen molar-refractivity contribution in [3.63, 3.8) is 0 Å². The fraction of sp³-hybridized carbons (Fsp3) is 0.308. The molecule has 1 aliphatic rings. The van der Waals surface area contributed by atoms with E-state index < -0.39 is 9.84 Å². The number of fused-ring (bicyclic) bond motifs is 1. The van der Waals surface area contributed by atoms with Gasteiger partial charge in [-0.2, -0.15) is 5.10 Å². The van der Waals surface area contributed by atoms with Crippen molar-refractivity contribution in [1.82, 2.24) is 25.1 Å². The van der Waals surface area contributed by atoms with Crippen LogP contribution in [0.3, 0.4) is 0 Å². The molecule has 4 aromatic rings. The number of aryl methyl sites for hydroxylation is 2. The van der Waals surface area contributed by atoms with Gasteiger partial charge in [-0.05, 0) is 43.0 Å². The van der Waals surface area contributed by atoms with Crippen molar-refractivity contribution in [2.75, 3.05) is 11.5 Å². The van der Waals surface area contributed by atoms with Gasteiger partial charge in [-0.3, -0.25) is 9.78 Å². The SMILES string of the molecule is CCc1ccc(-c2cc(C(=O)NCc3cccnc3)c3c(C)nn(C4CCS(=O)(=O)C4)c3n2)cc1. The van der Waals surface area contributed by atoms with Crippen LogP contribution in [0, 0.1) is 6.92 Å². The molecular formula is C26H27N5O3S. The lowest BCUT2D eigenvalue weighted by Gasteiger charge is -2.12. The molecule has 1 saturated heterocycles. The maximum atomic E-state index is 13.4. The molecule has 1 N–H and O–H groups in total. The summed E-state index contributed by atoms with van der Waals surface area (Å²) >= 11 is 0. The van der Waals surface area contributed by atoms with Crippen LogP contribution < -0.4 is 5.32 Å². The Bertz CT molecular complexity index is 1500. The molecule has 1 fully saturated rings. The lowest BCUT2D eigenvalue weighted by molar-refractivity contribution is 0.0952. The molecule has 5 rings (SSSR count). The number of hydrogen-bond donors (Lipinski definition) is 1. The number of sulfone groups is 1. The van der Waals surface area contributed by atoms with Crippen LogP contribution in [0.5, 0.6) is 0 Å². The molecule has 0 aliphatic carbocycles. The summed E-state index contributed by atoms with van der Waals surface area (Å²) in [4.78, 5) is 22.4. The Hall–Kier alpha value is -3.59. The molecule has 3 aromatic heterocycles. The highest BCUT2D eigenvalue weighted by atomic mass is 32.2. The molecule has 0 saturated carbocycles. The summed E-state index contributed by atoms with van der Waals surface area (Å²) in [6, 6.07) is 13.3. The van der Waals surface area contributed by atoms with E-state index >= 15 is 0 Å². The number of carbonyl (C=O) groups is 1. The minimum absolute atomic E-state index is 0.0306. The van der Waals surface area contributed by atoms with Crippen molar-refractivity contribution in [2.45, 2.75) is 39.3 Å². The molecule has 1 aliphatic heterocycles. The second-order valence-corrected chi connectivity index (χ2v) is 11.2. The smallest absolute Gasteiger partial charge is 0.252 e. The van der Waals surface area contributed by atoms with Gasteiger partial charge in [-0.25, -0.2) is 18.1 Å². The second-order valence-electron chi connectivity index (χ2n) is 8.93. The number of amides is 1. The number of nitrogens with zero attached hydrogens (tertiary/aromatic N) is 4. The summed E-state index contributed by atoms with van der Waals surface area (Å²) < 4.78 is 26.0. The van der Waals surface area contributed by atoms with E-state index in [1.54, 1.807) is 23.1 Å². The Morgan fingerprint density at radius 1 is 1.17 bits per heavy atom. The van der Waals surface area contributed by atoms with Gasteiger partial charge in [0, 0.05) is 24.5 Å². The summed E-state index contributed by atoms with van der Waals surface area (Å²) in [5.74, 6) is -0.0771. The standard InChI is InChI=1S/C26H27N5O3S/c1-3-18-6-8-20(9-7-18)23-13-22(26(32)28-15-19-5-4-11-27-14-19)24-17(2)30-31(25(24)29-23)21-10-12-35(33,34)16-21/h4-9,11,13-14,21H,3,10,12,15-16H2,1-2H3,(H,28,32). The van der Waals surface area contributed by atoms with Gasteiger partial charge in [0.15, 0.2) is 15.5 Å². The van der Waals surface area contributed by atoms with Crippen molar-refractivity contribution in [3.05, 3.63) is 77.2 Å². The fourth-order valence-electron chi connectivity index (χ4n) is 4.55. The molecule has 180 valence electrons. The first kappa shape index (κ1) is 23.2. The van der Waals surface area contributed by atoms with E-state index in [0.717, 1.165) is 17.5 Å². The first-order valence-electron chi connectivity index (χ1n) is 11.7. The molecule has 1 aromatic carbocycles. The van der Waals surface area contributed by atoms with E-state index in [2.05, 4.69) is 34.5 Å². The molecule has 0 radical (unpaired) electrons. The van der Waals surface area contributed by atoms with Crippen molar-refractivity contribution < 1.29 is 13.2 Å². The topological polar surface area (TPSA) is 107 Å². The highest BCUT2D eigenvalue weighted by Gasteiger charge is 2.32. The zero-order valence-electron chi connectivity index (χ0n) is 19.7. The fourth-order valence-corrected chi connectivity index (χ4v) is 6.25. The number of benzene rings is 1. The van der Waals surface area contributed by atoms with Crippen LogP contribution in [0.1, 0.15) is 46.6 Å². The van der Waals surface area contributed by atoms with E-state index in [4.69, 9.17) is 4.98 Å². The third kappa shape index (κ3) is 4.68. The predicted molar refractivity (Wildman–Crippen MR) is 135 cm³/mol. The molecule has 1 unspecified atom stereocenters. The molecule has 35 heavy (non-hydrogen) atoms. The highest BCUT2D eigenvalue weighted by molar-refractivity contribution is 7.91. The van der Waals surface area contributed by atoms with Gasteiger partial charge in [0.2, 0.25) is 0 Å². The number of aromatic nitrogens is 4. The summed E-state index contributed by atoms with van der Waals surface area (Å²) in [6.45, 7) is 4.27. The summed E-state index contributed by atoms with van der Waals surface area (Å²) in [5, 5.41) is 8.29. The molecule has 9 heteroatoms. The molecule has 0 bridgehead atoms. The zero-order chi connectivity index (χ0) is 24.6. The first-order chi connectivity index (χ1) is 16.8. The minimum atomic E-state index is -3.11.